The molecule has 2 aromatic heterocycles. The molecule has 0 bridgehead atoms. The summed E-state index contributed by atoms with van der Waals surface area (Å²) in [6.07, 6.45) is 7.35. The molecule has 16 heavy (non-hydrogen) atoms. The number of nitrogens with two attached hydrogens (primary N) is 1. The molecule has 0 unspecified atom stereocenters. The van der Waals surface area contributed by atoms with Gasteiger partial charge in [-0.3, -0.25) is 0 Å². The molecular formula is C12H15N3S. The maximum Gasteiger partial charge on any atom is 0.0935 e. The van der Waals surface area contributed by atoms with Gasteiger partial charge in [-0.1, -0.05) is 0 Å². The van der Waals surface area contributed by atoms with Crippen LogP contribution in [-0.4, -0.2) is 16.0 Å². The largest absolute Gasteiger partial charge is 0.367 e. The van der Waals surface area contributed by atoms with Crippen molar-refractivity contribution in [1.29, 1.82) is 0 Å². The van der Waals surface area contributed by atoms with Gasteiger partial charge in [-0.05, 0) is 24.8 Å². The zero-order valence-electron chi connectivity index (χ0n) is 9.02. The number of hydrogen-bond donors (Lipinski definition) is 2. The fraction of sp³-hybridized carbons (Fsp3) is 0.417. The Labute approximate surface area is 98.7 Å². The van der Waals surface area contributed by atoms with Crippen molar-refractivity contribution in [3.63, 3.8) is 0 Å². The fourth-order valence-electron chi connectivity index (χ4n) is 2.22. The zero-order valence-corrected chi connectivity index (χ0v) is 9.83. The highest BCUT2D eigenvalue weighted by Gasteiger charge is 2.26. The van der Waals surface area contributed by atoms with Crippen LogP contribution in [0.3, 0.4) is 0 Å². The normalized spacial score (nSPS) is 24.3. The minimum absolute atomic E-state index is 0.439. The van der Waals surface area contributed by atoms with Crippen molar-refractivity contribution in [2.24, 2.45) is 11.7 Å². The van der Waals surface area contributed by atoms with E-state index in [0.29, 0.717) is 6.04 Å². The van der Waals surface area contributed by atoms with Crippen LogP contribution >= 0.6 is 11.3 Å². The Bertz CT molecular complexity index is 454. The van der Waals surface area contributed by atoms with E-state index >= 15 is 0 Å². The van der Waals surface area contributed by atoms with Gasteiger partial charge in [-0.15, -0.1) is 11.3 Å². The van der Waals surface area contributed by atoms with Gasteiger partial charge >= 0.3 is 0 Å². The minimum Gasteiger partial charge on any atom is -0.367 e. The molecule has 0 aromatic carbocycles. The third-order valence-corrected chi connectivity index (χ3v) is 4.05. The van der Waals surface area contributed by atoms with Gasteiger partial charge in [0, 0.05) is 35.8 Å². The molecule has 0 amide bonds. The van der Waals surface area contributed by atoms with E-state index in [-0.39, 0.29) is 0 Å². The Kier molecular flexibility index (Phi) is 2.53. The number of nitrogens with one attached hydrogen (secondary N) is 1. The van der Waals surface area contributed by atoms with Crippen molar-refractivity contribution in [3.05, 3.63) is 28.8 Å². The molecule has 4 heteroatoms. The van der Waals surface area contributed by atoms with Crippen LogP contribution in [0.15, 0.2) is 23.8 Å². The van der Waals surface area contributed by atoms with Gasteiger partial charge in [0.2, 0.25) is 0 Å². The van der Waals surface area contributed by atoms with Crippen LogP contribution in [0.5, 0.6) is 0 Å². The third-order valence-electron chi connectivity index (χ3n) is 3.18. The molecule has 0 aliphatic heterocycles. The van der Waals surface area contributed by atoms with Crippen molar-refractivity contribution in [1.82, 2.24) is 9.97 Å². The van der Waals surface area contributed by atoms with Crippen molar-refractivity contribution < 1.29 is 0 Å². The quantitative estimate of drug-likeness (QED) is 0.855. The van der Waals surface area contributed by atoms with Crippen LogP contribution < -0.4 is 5.73 Å². The number of thiazole rings is 1. The zero-order chi connectivity index (χ0) is 11.0. The fourth-order valence-corrected chi connectivity index (χ4v) is 3.14. The average molecular weight is 233 g/mol. The van der Waals surface area contributed by atoms with Crippen LogP contribution in [0, 0.1) is 5.92 Å². The molecule has 3 rings (SSSR count). The highest BCUT2D eigenvalue weighted by molar-refractivity contribution is 7.09. The highest BCUT2D eigenvalue weighted by Crippen LogP contribution is 2.31. The molecule has 0 saturated heterocycles. The average Bonchev–Trinajstić information content (AvgIpc) is 2.84. The molecule has 84 valence electrons. The Hall–Kier alpha value is -1.13. The van der Waals surface area contributed by atoms with Crippen LogP contribution in [0.25, 0.3) is 11.3 Å². The Morgan fingerprint density at radius 3 is 3.06 bits per heavy atom. The summed E-state index contributed by atoms with van der Waals surface area (Å²) in [5, 5.41) is 3.38. The topological polar surface area (TPSA) is 54.7 Å². The van der Waals surface area contributed by atoms with E-state index < -0.39 is 0 Å². The summed E-state index contributed by atoms with van der Waals surface area (Å²) in [6.45, 7) is 0. The van der Waals surface area contributed by atoms with E-state index in [2.05, 4.69) is 21.4 Å². The molecule has 2 heterocycles. The van der Waals surface area contributed by atoms with E-state index in [9.17, 15) is 0 Å². The molecular weight excluding hydrogens is 218 g/mol. The predicted molar refractivity (Wildman–Crippen MR) is 66.3 cm³/mol. The number of aromatic amines is 1. The summed E-state index contributed by atoms with van der Waals surface area (Å²) < 4.78 is 0. The molecule has 1 saturated carbocycles. The second-order valence-corrected chi connectivity index (χ2v) is 5.47. The second-order valence-electron chi connectivity index (χ2n) is 4.53. The highest BCUT2D eigenvalue weighted by atomic mass is 32.1. The minimum atomic E-state index is 0.439. The van der Waals surface area contributed by atoms with E-state index in [4.69, 9.17) is 5.73 Å². The first-order chi connectivity index (χ1) is 7.81. The van der Waals surface area contributed by atoms with Gasteiger partial charge in [0.1, 0.15) is 0 Å². The van der Waals surface area contributed by atoms with Gasteiger partial charge in [0.25, 0.3) is 0 Å². The van der Waals surface area contributed by atoms with Crippen LogP contribution in [0.4, 0.5) is 0 Å². The smallest absolute Gasteiger partial charge is 0.0935 e. The second kappa shape index (κ2) is 4.03. The molecule has 2 aromatic rings. The van der Waals surface area contributed by atoms with E-state index in [1.165, 1.54) is 23.4 Å². The molecule has 1 aliphatic carbocycles. The number of nitrogens with zero attached hydrogens (tertiary/aromatic N) is 1. The van der Waals surface area contributed by atoms with Gasteiger partial charge in [-0.25, -0.2) is 4.98 Å². The van der Waals surface area contributed by atoms with Crippen LogP contribution in [0.1, 0.15) is 17.8 Å². The van der Waals surface area contributed by atoms with Crippen molar-refractivity contribution >= 4 is 11.3 Å². The number of H-pyrrole nitrogens is 1. The summed E-state index contributed by atoms with van der Waals surface area (Å²) in [5.41, 5.74) is 8.05. The monoisotopic (exact) mass is 233 g/mol. The maximum absolute atomic E-state index is 5.78. The lowest BCUT2D eigenvalue weighted by Gasteiger charge is -2.31. The van der Waals surface area contributed by atoms with E-state index in [1.807, 2.05) is 12.4 Å². The Morgan fingerprint density at radius 2 is 2.38 bits per heavy atom. The number of rotatable bonds is 3. The first kappa shape index (κ1) is 10.1. The summed E-state index contributed by atoms with van der Waals surface area (Å²) >= 11 is 1.76. The summed E-state index contributed by atoms with van der Waals surface area (Å²) in [6, 6.07) is 2.49. The van der Waals surface area contributed by atoms with Crippen LogP contribution in [-0.2, 0) is 6.42 Å². The maximum atomic E-state index is 5.78. The van der Waals surface area contributed by atoms with Gasteiger partial charge in [0.05, 0.1) is 10.7 Å². The van der Waals surface area contributed by atoms with Crippen molar-refractivity contribution in [2.75, 3.05) is 0 Å². The lowest BCUT2D eigenvalue weighted by molar-refractivity contribution is 0.264. The van der Waals surface area contributed by atoms with E-state index in [0.717, 1.165) is 18.0 Å². The SMILES string of the molecule is NC1CC(Cc2nc(-c3cc[nH]c3)cs2)C1. The summed E-state index contributed by atoms with van der Waals surface area (Å²) in [7, 11) is 0. The van der Waals surface area contributed by atoms with Crippen molar-refractivity contribution in [3.8, 4) is 11.3 Å². The summed E-state index contributed by atoms with van der Waals surface area (Å²) in [5.74, 6) is 0.764. The summed E-state index contributed by atoms with van der Waals surface area (Å²) in [4.78, 5) is 7.71. The van der Waals surface area contributed by atoms with Crippen LogP contribution in [0.2, 0.25) is 0 Å². The Morgan fingerprint density at radius 1 is 1.50 bits per heavy atom. The molecule has 1 fully saturated rings. The number of aromatic nitrogens is 2. The molecule has 3 nitrogen and oxygen atoms in total. The lowest BCUT2D eigenvalue weighted by atomic mass is 9.79. The molecule has 0 spiro atoms. The lowest BCUT2D eigenvalue weighted by Crippen LogP contribution is -2.37. The molecule has 0 atom stereocenters. The Balaban J connectivity index is 1.69. The molecule has 3 N–H and O–H groups in total. The standard InChI is InChI=1S/C12H15N3S/c13-10-3-8(4-10)5-12-15-11(7-16-12)9-1-2-14-6-9/h1-2,6-8,10,14H,3-5,13H2. The number of hydrogen-bond acceptors (Lipinski definition) is 3. The molecule has 1 aliphatic rings. The van der Waals surface area contributed by atoms with E-state index in [1.54, 1.807) is 11.3 Å². The van der Waals surface area contributed by atoms with Crippen molar-refractivity contribution in [2.45, 2.75) is 25.3 Å². The first-order valence-electron chi connectivity index (χ1n) is 5.64. The van der Waals surface area contributed by atoms with Gasteiger partial charge < -0.3 is 10.7 Å². The van der Waals surface area contributed by atoms with Gasteiger partial charge in [-0.2, -0.15) is 0 Å². The first-order valence-corrected chi connectivity index (χ1v) is 6.52. The molecule has 0 radical (unpaired) electrons. The third kappa shape index (κ3) is 1.90. The van der Waals surface area contributed by atoms with Gasteiger partial charge in [0.15, 0.2) is 0 Å². The predicted octanol–water partition coefficient (Wildman–Crippen LogP) is 2.42.